The minimum Gasteiger partial charge on any atom is -0.495 e. The van der Waals surface area contributed by atoms with Crippen LogP contribution in [0.3, 0.4) is 0 Å². The van der Waals surface area contributed by atoms with Crippen molar-refractivity contribution >= 4 is 23.2 Å². The summed E-state index contributed by atoms with van der Waals surface area (Å²) < 4.78 is 5.41. The normalized spacial score (nSPS) is 14.2. The fraction of sp³-hybridized carbons (Fsp3) is 0.333. The molecule has 0 spiro atoms. The summed E-state index contributed by atoms with van der Waals surface area (Å²) in [5.41, 5.74) is 2.53. The van der Waals surface area contributed by atoms with Gasteiger partial charge in [0.25, 0.3) is 0 Å². The third-order valence-electron chi connectivity index (χ3n) is 4.56. The standard InChI is InChI=1S/C21H24N2O3/c1-26-19-12-11-17(15-18(19)23-14-6-5-9-21(23)25)22-20(24)13-10-16-7-3-2-4-8-16/h2-4,7-8,11-12,15H,5-6,9-10,13-14H2,1H3,(H,22,24). The van der Waals surface area contributed by atoms with Crippen LogP contribution in [0.2, 0.25) is 0 Å². The van der Waals surface area contributed by atoms with Crippen molar-refractivity contribution in [2.45, 2.75) is 32.1 Å². The van der Waals surface area contributed by atoms with E-state index in [4.69, 9.17) is 4.74 Å². The van der Waals surface area contributed by atoms with Crippen LogP contribution in [0.25, 0.3) is 0 Å². The second-order valence-corrected chi connectivity index (χ2v) is 6.42. The van der Waals surface area contributed by atoms with Gasteiger partial charge in [-0.1, -0.05) is 30.3 Å². The molecule has 0 radical (unpaired) electrons. The fourth-order valence-electron chi connectivity index (χ4n) is 3.17. The Bertz CT molecular complexity index is 774. The van der Waals surface area contributed by atoms with Crippen LogP contribution in [-0.2, 0) is 16.0 Å². The van der Waals surface area contributed by atoms with Crippen molar-refractivity contribution in [1.82, 2.24) is 0 Å². The zero-order valence-corrected chi connectivity index (χ0v) is 15.0. The van der Waals surface area contributed by atoms with Gasteiger partial charge < -0.3 is 15.0 Å². The molecular weight excluding hydrogens is 328 g/mol. The molecule has 1 aliphatic rings. The van der Waals surface area contributed by atoms with Crippen molar-refractivity contribution < 1.29 is 14.3 Å². The molecule has 26 heavy (non-hydrogen) atoms. The number of rotatable bonds is 6. The number of benzene rings is 2. The number of carbonyl (C=O) groups excluding carboxylic acids is 2. The minimum absolute atomic E-state index is 0.0464. The molecule has 2 aromatic carbocycles. The lowest BCUT2D eigenvalue weighted by atomic mass is 10.1. The van der Waals surface area contributed by atoms with Crippen LogP contribution in [0.4, 0.5) is 11.4 Å². The van der Waals surface area contributed by atoms with Gasteiger partial charge in [0.2, 0.25) is 11.8 Å². The Labute approximate surface area is 154 Å². The molecule has 0 unspecified atom stereocenters. The van der Waals surface area contributed by atoms with Crippen molar-refractivity contribution in [2.24, 2.45) is 0 Å². The van der Waals surface area contributed by atoms with Crippen molar-refractivity contribution in [3.63, 3.8) is 0 Å². The molecule has 0 saturated carbocycles. The van der Waals surface area contributed by atoms with Gasteiger partial charge in [-0.15, -0.1) is 0 Å². The van der Waals surface area contributed by atoms with Gasteiger partial charge in [0.1, 0.15) is 5.75 Å². The van der Waals surface area contributed by atoms with Crippen LogP contribution in [0.5, 0.6) is 5.75 Å². The topological polar surface area (TPSA) is 58.6 Å². The van der Waals surface area contributed by atoms with Crippen LogP contribution >= 0.6 is 0 Å². The van der Waals surface area contributed by atoms with E-state index in [0.29, 0.717) is 37.2 Å². The van der Waals surface area contributed by atoms with Gasteiger partial charge in [0, 0.05) is 25.1 Å². The summed E-state index contributed by atoms with van der Waals surface area (Å²) in [6, 6.07) is 15.4. The highest BCUT2D eigenvalue weighted by atomic mass is 16.5. The summed E-state index contributed by atoms with van der Waals surface area (Å²) in [4.78, 5) is 26.3. The number of anilines is 2. The van der Waals surface area contributed by atoms with Crippen molar-refractivity contribution in [3.8, 4) is 5.75 Å². The summed E-state index contributed by atoms with van der Waals surface area (Å²) in [6.45, 7) is 0.681. The van der Waals surface area contributed by atoms with Crippen LogP contribution in [0.15, 0.2) is 48.5 Å². The number of hydrogen-bond donors (Lipinski definition) is 1. The first-order valence-electron chi connectivity index (χ1n) is 8.99. The van der Waals surface area contributed by atoms with Crippen LogP contribution in [-0.4, -0.2) is 25.5 Å². The van der Waals surface area contributed by atoms with Crippen LogP contribution in [0, 0.1) is 0 Å². The SMILES string of the molecule is COc1ccc(NC(=O)CCc2ccccc2)cc1N1CCCCC1=O. The first-order chi connectivity index (χ1) is 12.7. The number of nitrogens with zero attached hydrogens (tertiary/aromatic N) is 1. The zero-order valence-electron chi connectivity index (χ0n) is 15.0. The van der Waals surface area contributed by atoms with Crippen molar-refractivity contribution in [1.29, 1.82) is 0 Å². The van der Waals surface area contributed by atoms with E-state index in [0.717, 1.165) is 24.1 Å². The maximum absolute atomic E-state index is 12.3. The number of aryl methyl sites for hydroxylation is 1. The second kappa shape index (κ2) is 8.52. The summed E-state index contributed by atoms with van der Waals surface area (Å²) in [5, 5.41) is 2.93. The Morgan fingerprint density at radius 2 is 1.96 bits per heavy atom. The van der Waals surface area contributed by atoms with Gasteiger partial charge in [-0.2, -0.15) is 0 Å². The first-order valence-corrected chi connectivity index (χ1v) is 8.99. The van der Waals surface area contributed by atoms with Gasteiger partial charge in [-0.3, -0.25) is 9.59 Å². The molecule has 2 amide bonds. The molecule has 136 valence electrons. The third-order valence-corrected chi connectivity index (χ3v) is 4.56. The maximum Gasteiger partial charge on any atom is 0.227 e. The molecule has 0 atom stereocenters. The molecule has 0 bridgehead atoms. The van der Waals surface area contributed by atoms with E-state index < -0.39 is 0 Å². The van der Waals surface area contributed by atoms with Gasteiger partial charge in [-0.25, -0.2) is 0 Å². The fourth-order valence-corrected chi connectivity index (χ4v) is 3.17. The molecule has 5 nitrogen and oxygen atoms in total. The molecule has 5 heteroatoms. The quantitative estimate of drug-likeness (QED) is 0.861. The molecular formula is C21H24N2O3. The van der Waals surface area contributed by atoms with Crippen molar-refractivity contribution in [2.75, 3.05) is 23.9 Å². The molecule has 2 aromatic rings. The van der Waals surface area contributed by atoms with Gasteiger partial charge in [0.05, 0.1) is 12.8 Å². The Morgan fingerprint density at radius 1 is 1.15 bits per heavy atom. The maximum atomic E-state index is 12.3. The average Bonchev–Trinajstić information content (AvgIpc) is 2.67. The zero-order chi connectivity index (χ0) is 18.4. The number of methoxy groups -OCH3 is 1. The number of piperidine rings is 1. The third kappa shape index (κ3) is 4.42. The highest BCUT2D eigenvalue weighted by molar-refractivity contribution is 5.97. The van der Waals surface area contributed by atoms with Crippen molar-refractivity contribution in [3.05, 3.63) is 54.1 Å². The van der Waals surface area contributed by atoms with Gasteiger partial charge in [-0.05, 0) is 43.0 Å². The lowest BCUT2D eigenvalue weighted by Gasteiger charge is -2.28. The molecule has 1 saturated heterocycles. The second-order valence-electron chi connectivity index (χ2n) is 6.42. The van der Waals surface area contributed by atoms with E-state index in [-0.39, 0.29) is 11.8 Å². The average molecular weight is 352 g/mol. The molecule has 0 aromatic heterocycles. The molecule has 3 rings (SSSR count). The Morgan fingerprint density at radius 3 is 2.69 bits per heavy atom. The van der Waals surface area contributed by atoms with E-state index in [9.17, 15) is 9.59 Å². The number of carbonyl (C=O) groups is 2. The number of hydrogen-bond acceptors (Lipinski definition) is 3. The van der Waals surface area contributed by atoms with E-state index >= 15 is 0 Å². The first kappa shape index (κ1) is 18.0. The Hall–Kier alpha value is -2.82. The molecule has 0 aliphatic carbocycles. The van der Waals surface area contributed by atoms with E-state index in [1.54, 1.807) is 24.1 Å². The molecule has 1 fully saturated rings. The lowest BCUT2D eigenvalue weighted by Crippen LogP contribution is -2.35. The summed E-state index contributed by atoms with van der Waals surface area (Å²) in [6.07, 6.45) is 3.56. The number of ether oxygens (including phenoxy) is 1. The smallest absolute Gasteiger partial charge is 0.227 e. The van der Waals surface area contributed by atoms with E-state index in [1.165, 1.54) is 0 Å². The number of amides is 2. The molecule has 1 aliphatic heterocycles. The van der Waals surface area contributed by atoms with Crippen LogP contribution in [0.1, 0.15) is 31.2 Å². The summed E-state index contributed by atoms with van der Waals surface area (Å²) in [7, 11) is 1.59. The van der Waals surface area contributed by atoms with E-state index in [2.05, 4.69) is 5.32 Å². The summed E-state index contributed by atoms with van der Waals surface area (Å²) in [5.74, 6) is 0.694. The van der Waals surface area contributed by atoms with Gasteiger partial charge in [0.15, 0.2) is 0 Å². The van der Waals surface area contributed by atoms with Gasteiger partial charge >= 0.3 is 0 Å². The Kier molecular flexibility index (Phi) is 5.89. The summed E-state index contributed by atoms with van der Waals surface area (Å²) >= 11 is 0. The molecule has 1 heterocycles. The monoisotopic (exact) mass is 352 g/mol. The predicted octanol–water partition coefficient (Wildman–Crippen LogP) is 3.78. The lowest BCUT2D eigenvalue weighted by molar-refractivity contribution is -0.119. The highest BCUT2D eigenvalue weighted by Crippen LogP contribution is 2.33. The predicted molar refractivity (Wildman–Crippen MR) is 103 cm³/mol. The largest absolute Gasteiger partial charge is 0.495 e. The van der Waals surface area contributed by atoms with E-state index in [1.807, 2.05) is 36.4 Å². The molecule has 1 N–H and O–H groups in total. The number of nitrogens with one attached hydrogen (secondary N) is 1. The highest BCUT2D eigenvalue weighted by Gasteiger charge is 2.23. The van der Waals surface area contributed by atoms with Crippen LogP contribution < -0.4 is 15.0 Å². The Balaban J connectivity index is 1.69. The minimum atomic E-state index is -0.0464.